The van der Waals surface area contributed by atoms with Crippen LogP contribution < -0.4 is 5.32 Å². The molecule has 0 fully saturated rings. The lowest BCUT2D eigenvalue weighted by Crippen LogP contribution is -2.33. The molecule has 0 amide bonds. The van der Waals surface area contributed by atoms with Crippen LogP contribution in [0.2, 0.25) is 0 Å². The summed E-state index contributed by atoms with van der Waals surface area (Å²) in [6.07, 6.45) is 0.128. The average molecular weight is 267 g/mol. The van der Waals surface area contributed by atoms with Gasteiger partial charge in [-0.15, -0.1) is 0 Å². The lowest BCUT2D eigenvalue weighted by atomic mass is 10.1. The fourth-order valence-corrected chi connectivity index (χ4v) is 1.96. The second-order valence-corrected chi connectivity index (χ2v) is 4.47. The van der Waals surface area contributed by atoms with Crippen LogP contribution in [0.1, 0.15) is 32.4 Å². The lowest BCUT2D eigenvalue weighted by Gasteiger charge is -2.24. The van der Waals surface area contributed by atoms with E-state index in [0.29, 0.717) is 11.4 Å². The number of aliphatic hydroxyl groups excluding tert-OH is 2. The number of hydrogen-bond acceptors (Lipinski definition) is 6. The van der Waals surface area contributed by atoms with Crippen molar-refractivity contribution in [3.8, 4) is 0 Å². The van der Waals surface area contributed by atoms with E-state index in [4.69, 9.17) is 4.74 Å². The predicted molar refractivity (Wildman–Crippen MR) is 68.4 cm³/mol. The number of nitrogens with one attached hydrogen (secondary N) is 1. The summed E-state index contributed by atoms with van der Waals surface area (Å²) in [5.74, 6) is -0.567. The third-order valence-corrected chi connectivity index (χ3v) is 2.84. The topological polar surface area (TPSA) is 96.6 Å². The maximum atomic E-state index is 11.7. The number of carbonyl (C=O) groups excluding carboxylic acids is 1. The molecule has 3 N–H and O–H groups in total. The minimum absolute atomic E-state index is 0.0559. The molecule has 0 bridgehead atoms. The second kappa shape index (κ2) is 4.93. The summed E-state index contributed by atoms with van der Waals surface area (Å²) in [7, 11) is 0. The zero-order valence-electron chi connectivity index (χ0n) is 11.0. The third-order valence-electron chi connectivity index (χ3n) is 2.84. The van der Waals surface area contributed by atoms with Gasteiger partial charge in [-0.2, -0.15) is 5.10 Å². The minimum atomic E-state index is -1.32. The Morgan fingerprint density at radius 2 is 2.32 bits per heavy atom. The number of ether oxygens (including phenoxy) is 1. The van der Waals surface area contributed by atoms with Crippen molar-refractivity contribution in [3.05, 3.63) is 17.3 Å². The summed E-state index contributed by atoms with van der Waals surface area (Å²) < 4.78 is 6.43. The summed E-state index contributed by atoms with van der Waals surface area (Å²) in [5, 5.41) is 26.9. The van der Waals surface area contributed by atoms with Gasteiger partial charge in [0.05, 0.1) is 18.4 Å². The molecule has 0 saturated heterocycles. The van der Waals surface area contributed by atoms with Gasteiger partial charge in [0.1, 0.15) is 17.2 Å². The highest BCUT2D eigenvalue weighted by atomic mass is 16.5. The highest BCUT2D eigenvalue weighted by Gasteiger charge is 2.34. The zero-order valence-corrected chi connectivity index (χ0v) is 11.0. The summed E-state index contributed by atoms with van der Waals surface area (Å²) in [6, 6.07) is 0.0559. The largest absolute Gasteiger partial charge is 0.506 e. The molecule has 0 spiro atoms. The Bertz CT molecular complexity index is 533. The molecule has 7 heteroatoms. The molecule has 1 aromatic rings. The van der Waals surface area contributed by atoms with Crippen molar-refractivity contribution < 1.29 is 19.7 Å². The molecule has 1 aromatic heterocycles. The van der Waals surface area contributed by atoms with Crippen molar-refractivity contribution in [1.82, 2.24) is 9.78 Å². The Labute approximate surface area is 110 Å². The zero-order chi connectivity index (χ0) is 14.2. The fourth-order valence-electron chi connectivity index (χ4n) is 1.96. The van der Waals surface area contributed by atoms with Crippen LogP contribution in [-0.2, 0) is 9.53 Å². The number of esters is 1. The smallest absolute Gasteiger partial charge is 0.342 e. The highest BCUT2D eigenvalue weighted by Crippen LogP contribution is 2.33. The predicted octanol–water partition coefficient (Wildman–Crippen LogP) is 1.04. The number of carbonyl (C=O) groups is 1. The van der Waals surface area contributed by atoms with Gasteiger partial charge in [0.25, 0.3) is 0 Å². The van der Waals surface area contributed by atoms with Gasteiger partial charge in [0.15, 0.2) is 6.23 Å². The first kappa shape index (κ1) is 13.4. The number of fused-ring (bicyclic) bond motifs is 1. The van der Waals surface area contributed by atoms with Crippen molar-refractivity contribution in [2.24, 2.45) is 0 Å². The first-order valence-corrected chi connectivity index (χ1v) is 6.10. The fraction of sp³-hybridized carbons (Fsp3) is 0.500. The van der Waals surface area contributed by atoms with E-state index in [1.54, 1.807) is 11.6 Å². The van der Waals surface area contributed by atoms with E-state index < -0.39 is 12.2 Å². The normalized spacial score (nSPS) is 18.3. The van der Waals surface area contributed by atoms with E-state index in [2.05, 4.69) is 10.4 Å². The van der Waals surface area contributed by atoms with Crippen LogP contribution in [-0.4, -0.2) is 38.8 Å². The van der Waals surface area contributed by atoms with Gasteiger partial charge < -0.3 is 20.3 Å². The Kier molecular flexibility index (Phi) is 3.48. The van der Waals surface area contributed by atoms with Crippen LogP contribution in [0, 0.1) is 0 Å². The Balaban J connectivity index is 2.48. The maximum Gasteiger partial charge on any atom is 0.342 e. The molecule has 2 rings (SSSR count). The third kappa shape index (κ3) is 2.17. The van der Waals surface area contributed by atoms with Crippen LogP contribution in [0.4, 0.5) is 5.82 Å². The quantitative estimate of drug-likeness (QED) is 0.708. The van der Waals surface area contributed by atoms with Gasteiger partial charge >= 0.3 is 5.97 Å². The van der Waals surface area contributed by atoms with Crippen molar-refractivity contribution >= 4 is 17.5 Å². The average Bonchev–Trinajstić information content (AvgIpc) is 2.73. The molecule has 1 atom stereocenters. The van der Waals surface area contributed by atoms with Gasteiger partial charge in [-0.3, -0.25) is 0 Å². The van der Waals surface area contributed by atoms with Crippen LogP contribution in [0.15, 0.2) is 11.8 Å². The monoisotopic (exact) mass is 267 g/mol. The molecule has 2 heterocycles. The molecule has 19 heavy (non-hydrogen) atoms. The standard InChI is InChI=1S/C12H17N3O4/c1-4-19-12(18)8-9(16)7-5-13-15(6(2)3)10(7)14-11(8)17/h5-6,11,14,16-17H,4H2,1-3H3. The maximum absolute atomic E-state index is 11.7. The van der Waals surface area contributed by atoms with E-state index in [9.17, 15) is 15.0 Å². The number of hydrogen-bond donors (Lipinski definition) is 3. The van der Waals surface area contributed by atoms with E-state index >= 15 is 0 Å². The van der Waals surface area contributed by atoms with Gasteiger partial charge in [0.2, 0.25) is 0 Å². The first-order chi connectivity index (χ1) is 8.97. The van der Waals surface area contributed by atoms with Crippen LogP contribution >= 0.6 is 0 Å². The van der Waals surface area contributed by atoms with Crippen LogP contribution in [0.3, 0.4) is 0 Å². The van der Waals surface area contributed by atoms with Gasteiger partial charge in [-0.1, -0.05) is 0 Å². The van der Waals surface area contributed by atoms with Crippen molar-refractivity contribution in [2.45, 2.75) is 33.0 Å². The minimum Gasteiger partial charge on any atom is -0.506 e. The molecule has 1 aliphatic rings. The van der Waals surface area contributed by atoms with Crippen molar-refractivity contribution in [2.75, 3.05) is 11.9 Å². The lowest BCUT2D eigenvalue weighted by molar-refractivity contribution is -0.139. The van der Waals surface area contributed by atoms with Gasteiger partial charge in [-0.25, -0.2) is 9.48 Å². The molecule has 0 radical (unpaired) electrons. The summed E-state index contributed by atoms with van der Waals surface area (Å²) in [4.78, 5) is 11.7. The second-order valence-electron chi connectivity index (χ2n) is 4.47. The Morgan fingerprint density at radius 3 is 2.89 bits per heavy atom. The molecule has 0 aromatic carbocycles. The van der Waals surface area contributed by atoms with E-state index in [1.165, 1.54) is 6.20 Å². The van der Waals surface area contributed by atoms with Gasteiger partial charge in [0, 0.05) is 6.04 Å². The first-order valence-electron chi connectivity index (χ1n) is 6.10. The SMILES string of the molecule is CCOC(=O)C1=C(O)c2cnn(C(C)C)c2NC1O. The molecular formula is C12H17N3O4. The van der Waals surface area contributed by atoms with Crippen molar-refractivity contribution in [3.63, 3.8) is 0 Å². The Morgan fingerprint density at radius 1 is 1.63 bits per heavy atom. The molecule has 1 aliphatic heterocycles. The Hall–Kier alpha value is -2.02. The summed E-state index contributed by atoms with van der Waals surface area (Å²) in [5.41, 5.74) is 0.180. The number of nitrogens with zero attached hydrogens (tertiary/aromatic N) is 2. The highest BCUT2D eigenvalue weighted by molar-refractivity contribution is 6.00. The molecular weight excluding hydrogens is 250 g/mol. The van der Waals surface area contributed by atoms with Crippen LogP contribution in [0.25, 0.3) is 5.76 Å². The van der Waals surface area contributed by atoms with E-state index in [1.807, 2.05) is 13.8 Å². The molecule has 1 unspecified atom stereocenters. The summed E-state index contributed by atoms with van der Waals surface area (Å²) in [6.45, 7) is 5.66. The molecule has 104 valence electrons. The number of aromatic nitrogens is 2. The molecule has 7 nitrogen and oxygen atoms in total. The summed E-state index contributed by atoms with van der Waals surface area (Å²) >= 11 is 0. The molecule has 0 saturated carbocycles. The van der Waals surface area contributed by atoms with E-state index in [0.717, 1.165) is 0 Å². The van der Waals surface area contributed by atoms with Crippen LogP contribution in [0.5, 0.6) is 0 Å². The molecule has 0 aliphatic carbocycles. The number of anilines is 1. The number of aliphatic hydroxyl groups is 2. The van der Waals surface area contributed by atoms with Crippen molar-refractivity contribution in [1.29, 1.82) is 0 Å². The van der Waals surface area contributed by atoms with Gasteiger partial charge in [-0.05, 0) is 20.8 Å². The van der Waals surface area contributed by atoms with E-state index in [-0.39, 0.29) is 24.0 Å². The number of rotatable bonds is 3.